The Labute approximate surface area is 134 Å². The summed E-state index contributed by atoms with van der Waals surface area (Å²) < 4.78 is 36.5. The molecule has 0 bridgehead atoms. The molecule has 0 radical (unpaired) electrons. The standard InChI is InChI=1S/C9H9BF3S.K/c11-10(12,13)6-8-5-7-3-1-2-4-9(7)14-8;/h1-4,8H,5-6H2;/q-1;+1. The van der Waals surface area contributed by atoms with Gasteiger partial charge in [-0.05, 0) is 23.3 Å². The van der Waals surface area contributed by atoms with Gasteiger partial charge in [0.2, 0.25) is 0 Å². The fourth-order valence-electron chi connectivity index (χ4n) is 1.68. The molecule has 1 aromatic rings. The first-order valence-electron chi connectivity index (χ1n) is 4.50. The van der Waals surface area contributed by atoms with Gasteiger partial charge < -0.3 is 12.9 Å². The molecule has 0 saturated carbocycles. The van der Waals surface area contributed by atoms with E-state index in [-0.39, 0.29) is 56.6 Å². The van der Waals surface area contributed by atoms with Gasteiger partial charge in [0.05, 0.1) is 0 Å². The minimum atomic E-state index is -4.65. The van der Waals surface area contributed by atoms with Gasteiger partial charge in [-0.1, -0.05) is 24.5 Å². The van der Waals surface area contributed by atoms with Gasteiger partial charge in [0.1, 0.15) is 0 Å². The van der Waals surface area contributed by atoms with Crippen LogP contribution in [0.2, 0.25) is 6.32 Å². The molecular weight excluding hydrogens is 247 g/mol. The SMILES string of the molecule is F[B-](F)(F)CC1Cc2ccccc2S1.[K+]. The van der Waals surface area contributed by atoms with E-state index in [9.17, 15) is 12.9 Å². The summed E-state index contributed by atoms with van der Waals surface area (Å²) in [6.45, 7) is -4.65. The van der Waals surface area contributed by atoms with Crippen molar-refractivity contribution in [3.8, 4) is 0 Å². The third-order valence-corrected chi connectivity index (χ3v) is 3.59. The third-order valence-electron chi connectivity index (χ3n) is 2.24. The molecule has 15 heavy (non-hydrogen) atoms. The molecule has 0 nitrogen and oxygen atoms in total. The number of hydrogen-bond donors (Lipinski definition) is 0. The molecule has 6 heteroatoms. The van der Waals surface area contributed by atoms with E-state index in [2.05, 4.69) is 0 Å². The van der Waals surface area contributed by atoms with Crippen molar-refractivity contribution in [1.82, 2.24) is 0 Å². The second kappa shape index (κ2) is 5.60. The van der Waals surface area contributed by atoms with Crippen LogP contribution in [0.4, 0.5) is 12.9 Å². The Morgan fingerprint density at radius 3 is 2.53 bits per heavy atom. The predicted octanol–water partition coefficient (Wildman–Crippen LogP) is 0.555. The van der Waals surface area contributed by atoms with Crippen LogP contribution in [-0.4, -0.2) is 12.2 Å². The number of fused-ring (bicyclic) bond motifs is 1. The quantitative estimate of drug-likeness (QED) is 0.696. The van der Waals surface area contributed by atoms with Gasteiger partial charge in [-0.25, -0.2) is 0 Å². The van der Waals surface area contributed by atoms with Crippen molar-refractivity contribution in [2.45, 2.75) is 22.9 Å². The van der Waals surface area contributed by atoms with Crippen molar-refractivity contribution in [2.24, 2.45) is 0 Å². The molecule has 1 unspecified atom stereocenters. The monoisotopic (exact) mass is 256 g/mol. The zero-order chi connectivity index (χ0) is 10.2. The average Bonchev–Trinajstić information content (AvgIpc) is 2.42. The molecule has 0 amide bonds. The Balaban J connectivity index is 0.00000112. The zero-order valence-electron chi connectivity index (χ0n) is 8.42. The molecule has 0 saturated heterocycles. The van der Waals surface area contributed by atoms with Gasteiger partial charge in [-0.15, -0.1) is 11.8 Å². The number of hydrogen-bond acceptors (Lipinski definition) is 1. The van der Waals surface area contributed by atoms with Gasteiger partial charge >= 0.3 is 58.4 Å². The van der Waals surface area contributed by atoms with E-state index in [0.717, 1.165) is 10.5 Å². The minimum Gasteiger partial charge on any atom is -0.449 e. The second-order valence-electron chi connectivity index (χ2n) is 3.50. The third kappa shape index (κ3) is 4.09. The fourth-order valence-corrected chi connectivity index (χ4v) is 3.08. The maximum Gasteiger partial charge on any atom is 1.00 e. The van der Waals surface area contributed by atoms with Gasteiger partial charge in [-0.3, -0.25) is 0 Å². The maximum atomic E-state index is 12.2. The first kappa shape index (κ1) is 14.1. The predicted molar refractivity (Wildman–Crippen MR) is 53.7 cm³/mol. The molecule has 1 atom stereocenters. The van der Waals surface area contributed by atoms with Gasteiger partial charge in [-0.2, -0.15) is 0 Å². The molecule has 1 aliphatic rings. The molecule has 0 aliphatic carbocycles. The van der Waals surface area contributed by atoms with E-state index in [1.54, 1.807) is 0 Å². The van der Waals surface area contributed by atoms with E-state index in [0.29, 0.717) is 6.42 Å². The topological polar surface area (TPSA) is 0 Å². The average molecular weight is 256 g/mol. The smallest absolute Gasteiger partial charge is 0.449 e. The van der Waals surface area contributed by atoms with Gasteiger partial charge in [0.15, 0.2) is 0 Å². The van der Waals surface area contributed by atoms with Crippen LogP contribution in [0, 0.1) is 0 Å². The Bertz CT molecular complexity index is 317. The van der Waals surface area contributed by atoms with Crippen LogP contribution in [0.15, 0.2) is 29.2 Å². The van der Waals surface area contributed by atoms with Crippen LogP contribution < -0.4 is 51.4 Å². The minimum absolute atomic E-state index is 0. The summed E-state index contributed by atoms with van der Waals surface area (Å²) in [5, 5.41) is -0.299. The summed E-state index contributed by atoms with van der Waals surface area (Å²) in [5.41, 5.74) is 1.06. The number of thioether (sulfide) groups is 1. The second-order valence-corrected chi connectivity index (χ2v) is 4.84. The summed E-state index contributed by atoms with van der Waals surface area (Å²) in [7, 11) is 0. The largest absolute Gasteiger partial charge is 1.00 e. The number of benzene rings is 1. The first-order chi connectivity index (χ1) is 6.54. The van der Waals surface area contributed by atoms with Crippen LogP contribution in [0.3, 0.4) is 0 Å². The molecule has 1 aromatic carbocycles. The summed E-state index contributed by atoms with van der Waals surface area (Å²) in [6.07, 6.45) is -0.0680. The van der Waals surface area contributed by atoms with Crippen molar-refractivity contribution in [1.29, 1.82) is 0 Å². The molecule has 1 heterocycles. The molecule has 0 N–H and O–H groups in total. The van der Waals surface area contributed by atoms with Crippen LogP contribution in [-0.2, 0) is 6.42 Å². The molecule has 0 spiro atoms. The van der Waals surface area contributed by atoms with Gasteiger partial charge in [0, 0.05) is 4.90 Å². The van der Waals surface area contributed by atoms with E-state index >= 15 is 0 Å². The van der Waals surface area contributed by atoms with Gasteiger partial charge in [0.25, 0.3) is 0 Å². The zero-order valence-corrected chi connectivity index (χ0v) is 12.4. The Kier molecular flexibility index (Phi) is 5.27. The van der Waals surface area contributed by atoms with Crippen LogP contribution in [0.1, 0.15) is 5.56 Å². The Morgan fingerprint density at radius 1 is 1.27 bits per heavy atom. The normalized spacial score (nSPS) is 19.5. The van der Waals surface area contributed by atoms with Crippen molar-refractivity contribution in [3.63, 3.8) is 0 Å². The van der Waals surface area contributed by atoms with Crippen LogP contribution >= 0.6 is 11.8 Å². The summed E-state index contributed by atoms with van der Waals surface area (Å²) in [4.78, 5) is 1.01. The maximum absolute atomic E-state index is 12.2. The molecule has 0 aromatic heterocycles. The van der Waals surface area contributed by atoms with Crippen LogP contribution in [0.5, 0.6) is 0 Å². The molecule has 1 aliphatic heterocycles. The van der Waals surface area contributed by atoms with Crippen LogP contribution in [0.25, 0.3) is 0 Å². The molecule has 76 valence electrons. The summed E-state index contributed by atoms with van der Waals surface area (Å²) in [6, 6.07) is 7.54. The van der Waals surface area contributed by atoms with E-state index in [4.69, 9.17) is 0 Å². The Morgan fingerprint density at radius 2 is 1.93 bits per heavy atom. The van der Waals surface area contributed by atoms with E-state index < -0.39 is 13.3 Å². The number of rotatable bonds is 2. The summed E-state index contributed by atoms with van der Waals surface area (Å²) in [5.74, 6) is 0. The molecule has 0 fully saturated rings. The van der Waals surface area contributed by atoms with Crippen molar-refractivity contribution in [2.75, 3.05) is 0 Å². The van der Waals surface area contributed by atoms with E-state index in [1.807, 2.05) is 24.3 Å². The van der Waals surface area contributed by atoms with Crippen molar-refractivity contribution in [3.05, 3.63) is 29.8 Å². The Hall–Kier alpha value is 1.06. The summed E-state index contributed by atoms with van der Waals surface area (Å²) >= 11 is 1.36. The molecular formula is C9H9BF3KS. The first-order valence-corrected chi connectivity index (χ1v) is 5.38. The fraction of sp³-hybridized carbons (Fsp3) is 0.333. The van der Waals surface area contributed by atoms with E-state index in [1.165, 1.54) is 11.8 Å². The van der Waals surface area contributed by atoms with Crippen molar-refractivity contribution >= 4 is 18.7 Å². The molecule has 2 rings (SSSR count). The van der Waals surface area contributed by atoms with Crippen molar-refractivity contribution < 1.29 is 64.3 Å². The number of halogens is 3.